The number of para-hydroxylation sites is 2. The van der Waals surface area contributed by atoms with Gasteiger partial charge in [0.15, 0.2) is 0 Å². The molecule has 100 valence electrons. The maximum atomic E-state index is 4.88. The van der Waals surface area contributed by atoms with E-state index in [0.29, 0.717) is 12.0 Å². The number of rotatable bonds is 3. The molecule has 0 aliphatic heterocycles. The van der Waals surface area contributed by atoms with Crippen molar-refractivity contribution >= 4 is 11.0 Å². The molecule has 0 saturated heterocycles. The van der Waals surface area contributed by atoms with Gasteiger partial charge in [0.2, 0.25) is 0 Å². The number of nitrogens with zero attached hydrogens (tertiary/aromatic N) is 2. The van der Waals surface area contributed by atoms with Gasteiger partial charge < -0.3 is 4.57 Å². The predicted molar refractivity (Wildman–Crippen MR) is 82.0 cm³/mol. The number of fused-ring (bicyclic) bond motifs is 1. The summed E-state index contributed by atoms with van der Waals surface area (Å²) in [5, 5.41) is 0. The second-order valence-electron chi connectivity index (χ2n) is 5.69. The Labute approximate surface area is 119 Å². The minimum atomic E-state index is 0.333. The zero-order chi connectivity index (χ0) is 13.5. The van der Waals surface area contributed by atoms with Gasteiger partial charge in [0.25, 0.3) is 0 Å². The number of imidazole rings is 1. The lowest BCUT2D eigenvalue weighted by Gasteiger charge is -2.18. The van der Waals surface area contributed by atoms with Crippen LogP contribution in [-0.4, -0.2) is 9.55 Å². The minimum Gasteiger partial charge on any atom is -0.320 e. The molecule has 4 rings (SSSR count). The molecule has 0 N–H and O–H groups in total. The van der Waals surface area contributed by atoms with E-state index in [1.807, 2.05) is 0 Å². The van der Waals surface area contributed by atoms with Gasteiger partial charge in [0, 0.05) is 5.92 Å². The summed E-state index contributed by atoms with van der Waals surface area (Å²) in [4.78, 5) is 4.88. The molecule has 1 heterocycles. The zero-order valence-corrected chi connectivity index (χ0v) is 11.7. The highest BCUT2D eigenvalue weighted by molar-refractivity contribution is 5.76. The Bertz CT molecular complexity index is 738. The lowest BCUT2D eigenvalue weighted by Crippen LogP contribution is -2.10. The Hall–Kier alpha value is -2.09. The van der Waals surface area contributed by atoms with Gasteiger partial charge in [-0.3, -0.25) is 0 Å². The molecule has 3 aromatic rings. The fourth-order valence-corrected chi connectivity index (χ4v) is 2.98. The first-order chi connectivity index (χ1) is 9.84. The summed E-state index contributed by atoms with van der Waals surface area (Å²) in [7, 11) is 0. The first kappa shape index (κ1) is 11.7. The molecule has 1 aromatic heterocycles. The van der Waals surface area contributed by atoms with Crippen LogP contribution < -0.4 is 0 Å². The largest absolute Gasteiger partial charge is 0.320 e. The van der Waals surface area contributed by atoms with Crippen LogP contribution in [0.3, 0.4) is 0 Å². The van der Waals surface area contributed by atoms with Gasteiger partial charge >= 0.3 is 0 Å². The van der Waals surface area contributed by atoms with Crippen molar-refractivity contribution < 1.29 is 0 Å². The third kappa shape index (κ3) is 1.83. The molecule has 1 fully saturated rings. The van der Waals surface area contributed by atoms with Crippen LogP contribution in [0.1, 0.15) is 43.1 Å². The van der Waals surface area contributed by atoms with Crippen molar-refractivity contribution in [1.82, 2.24) is 9.55 Å². The third-order valence-corrected chi connectivity index (χ3v) is 4.23. The van der Waals surface area contributed by atoms with E-state index in [-0.39, 0.29) is 0 Å². The monoisotopic (exact) mass is 262 g/mol. The Morgan fingerprint density at radius 1 is 1.00 bits per heavy atom. The summed E-state index contributed by atoms with van der Waals surface area (Å²) < 4.78 is 2.43. The van der Waals surface area contributed by atoms with E-state index in [1.165, 1.54) is 29.7 Å². The topological polar surface area (TPSA) is 17.8 Å². The molecule has 1 saturated carbocycles. The van der Waals surface area contributed by atoms with Crippen molar-refractivity contribution in [3.05, 3.63) is 66.0 Å². The molecule has 1 atom stereocenters. The Kier molecular flexibility index (Phi) is 2.62. The van der Waals surface area contributed by atoms with Gasteiger partial charge in [-0.05, 0) is 37.5 Å². The normalized spacial score (nSPS) is 16.4. The Morgan fingerprint density at radius 3 is 2.45 bits per heavy atom. The highest BCUT2D eigenvalue weighted by atomic mass is 15.1. The van der Waals surface area contributed by atoms with Gasteiger partial charge in [-0.1, -0.05) is 42.5 Å². The highest BCUT2D eigenvalue weighted by Gasteiger charge is 2.31. The van der Waals surface area contributed by atoms with Crippen molar-refractivity contribution in [2.45, 2.75) is 31.7 Å². The SMILES string of the molecule is C[C@@H](c1ccccc1)n1c(C2CC2)nc2ccccc21. The van der Waals surface area contributed by atoms with Gasteiger partial charge in [-0.15, -0.1) is 0 Å². The standard InChI is InChI=1S/C18H18N2/c1-13(14-7-3-2-4-8-14)20-17-10-6-5-9-16(17)19-18(20)15-11-12-15/h2-10,13,15H,11-12H2,1H3/t13-/m0/s1. The van der Waals surface area contributed by atoms with Crippen molar-refractivity contribution in [3.8, 4) is 0 Å². The molecule has 2 heteroatoms. The maximum Gasteiger partial charge on any atom is 0.113 e. The zero-order valence-electron chi connectivity index (χ0n) is 11.7. The summed E-state index contributed by atoms with van der Waals surface area (Å²) in [5.41, 5.74) is 3.72. The maximum absolute atomic E-state index is 4.88. The molecular formula is C18H18N2. The molecule has 2 nitrogen and oxygen atoms in total. The van der Waals surface area contributed by atoms with Crippen molar-refractivity contribution in [3.63, 3.8) is 0 Å². The fraction of sp³-hybridized carbons (Fsp3) is 0.278. The quantitative estimate of drug-likeness (QED) is 0.678. The molecular weight excluding hydrogens is 244 g/mol. The van der Waals surface area contributed by atoms with Crippen LogP contribution in [0.4, 0.5) is 0 Å². The summed E-state index contributed by atoms with van der Waals surface area (Å²) in [6.07, 6.45) is 2.57. The molecule has 0 spiro atoms. The lowest BCUT2D eigenvalue weighted by molar-refractivity contribution is 0.620. The van der Waals surface area contributed by atoms with E-state index < -0.39 is 0 Å². The van der Waals surface area contributed by atoms with Crippen molar-refractivity contribution in [2.24, 2.45) is 0 Å². The molecule has 0 amide bonds. The van der Waals surface area contributed by atoms with Crippen LogP contribution in [0.2, 0.25) is 0 Å². The number of aromatic nitrogens is 2. The molecule has 0 bridgehead atoms. The fourth-order valence-electron chi connectivity index (χ4n) is 2.98. The second kappa shape index (κ2) is 4.48. The Morgan fingerprint density at radius 2 is 1.70 bits per heavy atom. The van der Waals surface area contributed by atoms with E-state index >= 15 is 0 Å². The first-order valence-corrected chi connectivity index (χ1v) is 7.36. The van der Waals surface area contributed by atoms with Crippen LogP contribution in [0, 0.1) is 0 Å². The average molecular weight is 262 g/mol. The summed E-state index contributed by atoms with van der Waals surface area (Å²) in [6.45, 7) is 2.27. The molecule has 0 unspecified atom stereocenters. The third-order valence-electron chi connectivity index (χ3n) is 4.23. The van der Waals surface area contributed by atoms with Crippen LogP contribution in [0.15, 0.2) is 54.6 Å². The predicted octanol–water partition coefficient (Wildman–Crippen LogP) is 4.52. The smallest absolute Gasteiger partial charge is 0.113 e. The van der Waals surface area contributed by atoms with Gasteiger partial charge in [0.1, 0.15) is 5.82 Å². The van der Waals surface area contributed by atoms with Crippen molar-refractivity contribution in [1.29, 1.82) is 0 Å². The molecule has 1 aliphatic rings. The summed E-state index contributed by atoms with van der Waals surface area (Å²) in [6, 6.07) is 19.5. The summed E-state index contributed by atoms with van der Waals surface area (Å²) in [5.74, 6) is 1.93. The number of hydrogen-bond acceptors (Lipinski definition) is 1. The van der Waals surface area contributed by atoms with Crippen LogP contribution in [-0.2, 0) is 0 Å². The van der Waals surface area contributed by atoms with Gasteiger partial charge in [0.05, 0.1) is 17.1 Å². The van der Waals surface area contributed by atoms with E-state index in [4.69, 9.17) is 4.98 Å². The average Bonchev–Trinajstić information content (AvgIpc) is 3.28. The second-order valence-corrected chi connectivity index (χ2v) is 5.69. The number of benzene rings is 2. The molecule has 1 aliphatic carbocycles. The Balaban J connectivity index is 1.91. The van der Waals surface area contributed by atoms with Crippen molar-refractivity contribution in [2.75, 3.05) is 0 Å². The van der Waals surface area contributed by atoms with E-state index in [0.717, 1.165) is 5.52 Å². The van der Waals surface area contributed by atoms with E-state index in [9.17, 15) is 0 Å². The molecule has 20 heavy (non-hydrogen) atoms. The van der Waals surface area contributed by atoms with Gasteiger partial charge in [-0.2, -0.15) is 0 Å². The molecule has 0 radical (unpaired) electrons. The summed E-state index contributed by atoms with van der Waals surface area (Å²) >= 11 is 0. The lowest BCUT2D eigenvalue weighted by atomic mass is 10.1. The van der Waals surface area contributed by atoms with Gasteiger partial charge in [-0.25, -0.2) is 4.98 Å². The van der Waals surface area contributed by atoms with Crippen LogP contribution in [0.25, 0.3) is 11.0 Å². The van der Waals surface area contributed by atoms with Crippen LogP contribution in [0.5, 0.6) is 0 Å². The van der Waals surface area contributed by atoms with E-state index in [1.54, 1.807) is 0 Å². The van der Waals surface area contributed by atoms with Crippen LogP contribution >= 0.6 is 0 Å². The highest BCUT2D eigenvalue weighted by Crippen LogP contribution is 2.42. The first-order valence-electron chi connectivity index (χ1n) is 7.36. The minimum absolute atomic E-state index is 0.333. The molecule has 2 aromatic carbocycles. The van der Waals surface area contributed by atoms with E-state index in [2.05, 4.69) is 66.1 Å². The number of hydrogen-bond donors (Lipinski definition) is 0.